The molecule has 0 radical (unpaired) electrons. The van der Waals surface area contributed by atoms with Crippen LogP contribution in [0.2, 0.25) is 0 Å². The van der Waals surface area contributed by atoms with Crippen molar-refractivity contribution in [3.8, 4) is 0 Å². The lowest BCUT2D eigenvalue weighted by Gasteiger charge is -2.28. The number of nitrogens with one attached hydrogen (secondary N) is 1. The second-order valence-electron chi connectivity index (χ2n) is 4.50. The number of hydrogen-bond donors (Lipinski definition) is 1. The van der Waals surface area contributed by atoms with Gasteiger partial charge >= 0.3 is 0 Å². The number of benzene rings is 1. The molecule has 2 unspecified atom stereocenters. The summed E-state index contributed by atoms with van der Waals surface area (Å²) in [6.45, 7) is 2.17. The Labute approximate surface area is 107 Å². The molecule has 2 atom stereocenters. The molecule has 0 saturated carbocycles. The first kappa shape index (κ1) is 12.9. The molecule has 0 bridgehead atoms. The fraction of sp³-hybridized carbons (Fsp3) is 0.500. The Balaban J connectivity index is 2.18. The van der Waals surface area contributed by atoms with Gasteiger partial charge in [-0.05, 0) is 24.6 Å². The van der Waals surface area contributed by atoms with Crippen molar-refractivity contribution in [2.75, 3.05) is 17.8 Å². The number of hydrogen-bond acceptors (Lipinski definition) is 4. The Hall–Kier alpha value is -0.520. The van der Waals surface area contributed by atoms with E-state index in [2.05, 4.69) is 12.2 Å². The van der Waals surface area contributed by atoms with E-state index in [1.165, 1.54) is 6.26 Å². The molecule has 1 aliphatic heterocycles. The van der Waals surface area contributed by atoms with Gasteiger partial charge in [0.05, 0.1) is 4.90 Å². The van der Waals surface area contributed by atoms with Gasteiger partial charge in [0.15, 0.2) is 9.84 Å². The fourth-order valence-electron chi connectivity index (χ4n) is 1.94. The Kier molecular flexibility index (Phi) is 3.80. The average molecular weight is 271 g/mol. The van der Waals surface area contributed by atoms with Gasteiger partial charge in [0.25, 0.3) is 0 Å². The highest BCUT2D eigenvalue weighted by atomic mass is 32.2. The third kappa shape index (κ3) is 3.24. The predicted molar refractivity (Wildman–Crippen MR) is 72.2 cm³/mol. The van der Waals surface area contributed by atoms with Gasteiger partial charge in [-0.25, -0.2) is 8.42 Å². The smallest absolute Gasteiger partial charge is 0.175 e. The zero-order valence-corrected chi connectivity index (χ0v) is 11.6. The van der Waals surface area contributed by atoms with Crippen molar-refractivity contribution >= 4 is 21.6 Å². The molecular weight excluding hydrogens is 254 g/mol. The Morgan fingerprint density at radius 1 is 1.24 bits per heavy atom. The summed E-state index contributed by atoms with van der Waals surface area (Å²) < 4.78 is 22.7. The van der Waals surface area contributed by atoms with Crippen LogP contribution >= 0.6 is 11.8 Å². The van der Waals surface area contributed by atoms with Crippen molar-refractivity contribution < 1.29 is 8.42 Å². The van der Waals surface area contributed by atoms with Crippen LogP contribution in [0.15, 0.2) is 29.2 Å². The van der Waals surface area contributed by atoms with E-state index in [1.54, 1.807) is 12.1 Å². The van der Waals surface area contributed by atoms with E-state index in [4.69, 9.17) is 0 Å². The van der Waals surface area contributed by atoms with Crippen LogP contribution in [0.3, 0.4) is 0 Å². The van der Waals surface area contributed by atoms with Crippen LogP contribution in [0.1, 0.15) is 18.5 Å². The molecule has 2 rings (SSSR count). The highest BCUT2D eigenvalue weighted by molar-refractivity contribution is 7.99. The minimum atomic E-state index is -3.09. The minimum absolute atomic E-state index is 0.331. The molecule has 1 heterocycles. The molecule has 1 N–H and O–H groups in total. The molecule has 1 aromatic carbocycles. The van der Waals surface area contributed by atoms with Crippen LogP contribution in [0.25, 0.3) is 0 Å². The Morgan fingerprint density at radius 2 is 1.88 bits per heavy atom. The molecule has 17 heavy (non-hydrogen) atoms. The standard InChI is InChI=1S/C12H17NO2S2/c1-9-7-16-8-12(13-9)10-3-5-11(6-4-10)17(2,14)15/h3-6,9,12-13H,7-8H2,1-2H3. The molecule has 0 aliphatic carbocycles. The van der Waals surface area contributed by atoms with Crippen LogP contribution in [-0.2, 0) is 9.84 Å². The summed E-state index contributed by atoms with van der Waals surface area (Å²) in [6, 6.07) is 8.04. The van der Waals surface area contributed by atoms with Gasteiger partial charge in [-0.15, -0.1) is 0 Å². The van der Waals surface area contributed by atoms with Crippen LogP contribution < -0.4 is 5.32 Å². The van der Waals surface area contributed by atoms with Crippen molar-refractivity contribution in [3.05, 3.63) is 29.8 Å². The van der Waals surface area contributed by atoms with Crippen molar-refractivity contribution in [1.29, 1.82) is 0 Å². The summed E-state index contributed by atoms with van der Waals surface area (Å²) in [6.07, 6.45) is 1.23. The van der Waals surface area contributed by atoms with E-state index in [0.29, 0.717) is 17.0 Å². The van der Waals surface area contributed by atoms with E-state index < -0.39 is 9.84 Å². The number of rotatable bonds is 2. The number of thioether (sulfide) groups is 1. The maximum atomic E-state index is 11.4. The summed E-state index contributed by atoms with van der Waals surface area (Å²) in [5.74, 6) is 2.18. The monoisotopic (exact) mass is 271 g/mol. The highest BCUT2D eigenvalue weighted by Gasteiger charge is 2.19. The molecule has 0 spiro atoms. The van der Waals surface area contributed by atoms with Crippen molar-refractivity contribution in [1.82, 2.24) is 5.32 Å². The SMILES string of the molecule is CC1CSCC(c2ccc(S(C)(=O)=O)cc2)N1. The molecule has 5 heteroatoms. The van der Waals surface area contributed by atoms with Gasteiger partial charge in [-0.1, -0.05) is 12.1 Å². The van der Waals surface area contributed by atoms with Crippen molar-refractivity contribution in [2.45, 2.75) is 23.9 Å². The first-order chi connectivity index (χ1) is 7.97. The molecule has 3 nitrogen and oxygen atoms in total. The predicted octanol–water partition coefficient (Wildman–Crippen LogP) is 1.86. The van der Waals surface area contributed by atoms with Crippen molar-refractivity contribution in [3.63, 3.8) is 0 Å². The maximum Gasteiger partial charge on any atom is 0.175 e. The molecule has 94 valence electrons. The average Bonchev–Trinajstić information content (AvgIpc) is 2.28. The fourth-order valence-corrected chi connectivity index (χ4v) is 3.68. The lowest BCUT2D eigenvalue weighted by atomic mass is 10.1. The first-order valence-electron chi connectivity index (χ1n) is 5.60. The maximum absolute atomic E-state index is 11.4. The van der Waals surface area contributed by atoms with Gasteiger partial charge in [-0.3, -0.25) is 0 Å². The lowest BCUT2D eigenvalue weighted by Crippen LogP contribution is -2.37. The molecule has 1 aliphatic rings. The topological polar surface area (TPSA) is 46.2 Å². The van der Waals surface area contributed by atoms with Crippen LogP contribution in [-0.4, -0.2) is 32.2 Å². The van der Waals surface area contributed by atoms with E-state index in [1.807, 2.05) is 23.9 Å². The third-order valence-electron chi connectivity index (χ3n) is 2.85. The van der Waals surface area contributed by atoms with Gasteiger partial charge < -0.3 is 5.32 Å². The van der Waals surface area contributed by atoms with Gasteiger partial charge in [-0.2, -0.15) is 11.8 Å². The highest BCUT2D eigenvalue weighted by Crippen LogP contribution is 2.25. The molecule has 1 fully saturated rings. The Bertz CT molecular complexity index is 482. The minimum Gasteiger partial charge on any atom is -0.306 e. The second-order valence-corrected chi connectivity index (χ2v) is 7.59. The molecule has 1 aromatic rings. The van der Waals surface area contributed by atoms with E-state index in [-0.39, 0.29) is 0 Å². The van der Waals surface area contributed by atoms with Crippen LogP contribution in [0.5, 0.6) is 0 Å². The summed E-state index contributed by atoms with van der Waals surface area (Å²) >= 11 is 1.93. The molecule has 1 saturated heterocycles. The largest absolute Gasteiger partial charge is 0.306 e. The van der Waals surface area contributed by atoms with Crippen LogP contribution in [0.4, 0.5) is 0 Å². The third-order valence-corrected chi connectivity index (χ3v) is 5.28. The summed E-state index contributed by atoms with van der Waals surface area (Å²) in [4.78, 5) is 0.387. The molecule has 0 aromatic heterocycles. The van der Waals surface area contributed by atoms with Gasteiger partial charge in [0.1, 0.15) is 0 Å². The van der Waals surface area contributed by atoms with Crippen LogP contribution in [0, 0.1) is 0 Å². The van der Waals surface area contributed by atoms with Gasteiger partial charge in [0, 0.05) is 29.8 Å². The quantitative estimate of drug-likeness (QED) is 0.892. The second kappa shape index (κ2) is 5.00. The Morgan fingerprint density at radius 3 is 2.41 bits per heavy atom. The number of sulfone groups is 1. The van der Waals surface area contributed by atoms with E-state index >= 15 is 0 Å². The zero-order chi connectivity index (χ0) is 12.5. The van der Waals surface area contributed by atoms with Crippen molar-refractivity contribution in [2.24, 2.45) is 0 Å². The van der Waals surface area contributed by atoms with Gasteiger partial charge in [0.2, 0.25) is 0 Å². The normalized spacial score (nSPS) is 25.8. The summed E-state index contributed by atoms with van der Waals surface area (Å²) in [7, 11) is -3.09. The summed E-state index contributed by atoms with van der Waals surface area (Å²) in [5.41, 5.74) is 1.16. The van der Waals surface area contributed by atoms with E-state index in [0.717, 1.165) is 17.1 Å². The van der Waals surface area contributed by atoms with E-state index in [9.17, 15) is 8.42 Å². The summed E-state index contributed by atoms with van der Waals surface area (Å²) in [5, 5.41) is 3.52. The molecule has 0 amide bonds. The first-order valence-corrected chi connectivity index (χ1v) is 8.65. The molecular formula is C12H17NO2S2. The lowest BCUT2D eigenvalue weighted by molar-refractivity contribution is 0.502. The zero-order valence-electron chi connectivity index (χ0n) is 10.0.